The monoisotopic (exact) mass is 396 g/mol. The molecule has 28 heavy (non-hydrogen) atoms. The van der Waals surface area contributed by atoms with E-state index in [1.54, 1.807) is 6.92 Å². The molecule has 0 fully saturated rings. The maximum absolute atomic E-state index is 13.0. The van der Waals surface area contributed by atoms with Crippen molar-refractivity contribution in [2.45, 2.75) is 19.9 Å². The third-order valence-electron chi connectivity index (χ3n) is 4.70. The predicted octanol–water partition coefficient (Wildman–Crippen LogP) is 3.22. The molecule has 0 saturated carbocycles. The van der Waals surface area contributed by atoms with Crippen LogP contribution in [-0.4, -0.2) is 24.5 Å². The number of ether oxygens (including phenoxy) is 3. The lowest BCUT2D eigenvalue weighted by molar-refractivity contribution is -0.138. The maximum Gasteiger partial charge on any atom is 0.338 e. The summed E-state index contributed by atoms with van der Waals surface area (Å²) in [6.45, 7) is 4.22. The van der Waals surface area contributed by atoms with Crippen molar-refractivity contribution in [3.63, 3.8) is 0 Å². The van der Waals surface area contributed by atoms with Gasteiger partial charge in [-0.2, -0.15) is 0 Å². The van der Waals surface area contributed by atoms with Crippen LogP contribution in [0.1, 0.15) is 29.7 Å². The Morgan fingerprint density at radius 1 is 1.21 bits per heavy atom. The summed E-state index contributed by atoms with van der Waals surface area (Å²) in [5.74, 6) is 0.949. The van der Waals surface area contributed by atoms with Gasteiger partial charge in [0.1, 0.15) is 0 Å². The molecule has 0 aliphatic carbocycles. The first-order chi connectivity index (χ1) is 13.6. The molecule has 0 saturated heterocycles. The number of hydrogen-bond donors (Lipinski definition) is 2. The predicted molar refractivity (Wildman–Crippen MR) is 109 cm³/mol. The lowest BCUT2D eigenvalue weighted by Gasteiger charge is -2.32. The molecule has 0 spiro atoms. The Kier molecular flexibility index (Phi) is 4.92. The second-order valence-corrected chi connectivity index (χ2v) is 6.88. The molecule has 2 aromatic carbocycles. The number of esters is 1. The Morgan fingerprint density at radius 2 is 1.93 bits per heavy atom. The lowest BCUT2D eigenvalue weighted by atomic mass is 9.90. The maximum atomic E-state index is 13.0. The number of thiocarbonyl (C=S) groups is 1. The molecule has 1 atom stereocenters. The molecule has 2 heterocycles. The van der Waals surface area contributed by atoms with Crippen LogP contribution in [0, 0.1) is 6.92 Å². The van der Waals surface area contributed by atoms with Gasteiger partial charge in [-0.3, -0.25) is 0 Å². The molecule has 6 nitrogen and oxygen atoms in total. The summed E-state index contributed by atoms with van der Waals surface area (Å²) in [5, 5.41) is 6.79. The van der Waals surface area contributed by atoms with Gasteiger partial charge in [0.15, 0.2) is 16.6 Å². The second-order valence-electron chi connectivity index (χ2n) is 6.47. The Balaban J connectivity index is 1.89. The van der Waals surface area contributed by atoms with Gasteiger partial charge < -0.3 is 24.8 Å². The van der Waals surface area contributed by atoms with E-state index in [0.29, 0.717) is 27.9 Å². The summed E-state index contributed by atoms with van der Waals surface area (Å²) < 4.78 is 16.4. The van der Waals surface area contributed by atoms with E-state index in [2.05, 4.69) is 10.6 Å². The van der Waals surface area contributed by atoms with E-state index in [9.17, 15) is 4.79 Å². The van der Waals surface area contributed by atoms with Gasteiger partial charge in [0.25, 0.3) is 0 Å². The zero-order valence-corrected chi connectivity index (χ0v) is 16.4. The Hall–Kier alpha value is -3.06. The van der Waals surface area contributed by atoms with Crippen molar-refractivity contribution in [1.82, 2.24) is 10.6 Å². The van der Waals surface area contributed by atoms with Crippen molar-refractivity contribution in [3.05, 3.63) is 64.7 Å². The number of benzene rings is 2. The first-order valence-electron chi connectivity index (χ1n) is 9.03. The molecule has 7 heteroatoms. The number of hydrogen-bond acceptors (Lipinski definition) is 5. The van der Waals surface area contributed by atoms with Crippen molar-refractivity contribution in [1.29, 1.82) is 0 Å². The van der Waals surface area contributed by atoms with Crippen LogP contribution >= 0.6 is 12.2 Å². The molecule has 0 radical (unpaired) electrons. The summed E-state index contributed by atoms with van der Waals surface area (Å²) in [5.41, 5.74) is 3.82. The summed E-state index contributed by atoms with van der Waals surface area (Å²) in [7, 11) is 0. The molecule has 2 aromatic rings. The highest BCUT2D eigenvalue weighted by molar-refractivity contribution is 7.80. The van der Waals surface area contributed by atoms with Gasteiger partial charge in [-0.05, 0) is 54.9 Å². The number of carbonyl (C=O) groups excluding carboxylic acids is 1. The van der Waals surface area contributed by atoms with Gasteiger partial charge in [-0.15, -0.1) is 0 Å². The molecule has 0 bridgehead atoms. The van der Waals surface area contributed by atoms with Crippen molar-refractivity contribution < 1.29 is 19.0 Å². The largest absolute Gasteiger partial charge is 0.463 e. The quantitative estimate of drug-likeness (QED) is 0.607. The van der Waals surface area contributed by atoms with Gasteiger partial charge in [0.2, 0.25) is 6.79 Å². The van der Waals surface area contributed by atoms with Crippen LogP contribution in [0.15, 0.2) is 48.0 Å². The van der Waals surface area contributed by atoms with Crippen LogP contribution in [0.4, 0.5) is 0 Å². The Labute approximate surface area is 168 Å². The smallest absolute Gasteiger partial charge is 0.338 e. The highest BCUT2D eigenvalue weighted by Crippen LogP contribution is 2.40. The van der Waals surface area contributed by atoms with Crippen LogP contribution in [0.5, 0.6) is 11.5 Å². The van der Waals surface area contributed by atoms with E-state index >= 15 is 0 Å². The minimum absolute atomic E-state index is 0.187. The van der Waals surface area contributed by atoms with Gasteiger partial charge >= 0.3 is 5.97 Å². The molecular weight excluding hydrogens is 376 g/mol. The normalized spacial score (nSPS) is 17.8. The molecule has 2 N–H and O–H groups in total. The number of aryl methyl sites for hydroxylation is 1. The van der Waals surface area contributed by atoms with E-state index in [1.807, 2.05) is 49.4 Å². The third-order valence-corrected chi connectivity index (χ3v) is 4.92. The van der Waals surface area contributed by atoms with Crippen molar-refractivity contribution in [3.8, 4) is 11.5 Å². The van der Waals surface area contributed by atoms with Crippen molar-refractivity contribution in [2.24, 2.45) is 0 Å². The summed E-state index contributed by atoms with van der Waals surface area (Å²) >= 11 is 5.44. The van der Waals surface area contributed by atoms with E-state index in [0.717, 1.165) is 16.7 Å². The standard InChI is InChI=1S/C21H20N2O4S/c1-3-25-20(24)17-18(13-7-5-4-6-8-13)22-21(28)23-19(17)14-10-16-15(9-12(14)2)26-11-27-16/h4-10,19H,3,11H2,1-2H3,(H2,22,23,28). The van der Waals surface area contributed by atoms with Gasteiger partial charge in [-0.25, -0.2) is 4.79 Å². The fourth-order valence-electron chi connectivity index (χ4n) is 3.43. The molecule has 0 aromatic heterocycles. The zero-order chi connectivity index (χ0) is 19.7. The number of fused-ring (bicyclic) bond motifs is 1. The highest BCUT2D eigenvalue weighted by Gasteiger charge is 2.34. The SMILES string of the molecule is CCOC(=O)C1=C(c2ccccc2)NC(=S)NC1c1cc2c(cc1C)OCO2. The fourth-order valence-corrected chi connectivity index (χ4v) is 3.65. The Bertz CT molecular complexity index is 972. The fraction of sp³-hybridized carbons (Fsp3) is 0.238. The summed E-state index contributed by atoms with van der Waals surface area (Å²) in [4.78, 5) is 13.0. The number of rotatable bonds is 4. The molecule has 4 rings (SSSR count). The van der Waals surface area contributed by atoms with Gasteiger partial charge in [0.05, 0.1) is 23.9 Å². The van der Waals surface area contributed by atoms with Crippen LogP contribution in [0.25, 0.3) is 5.70 Å². The molecule has 0 amide bonds. The van der Waals surface area contributed by atoms with Crippen LogP contribution in [0.3, 0.4) is 0 Å². The van der Waals surface area contributed by atoms with Crippen LogP contribution in [0.2, 0.25) is 0 Å². The van der Waals surface area contributed by atoms with E-state index < -0.39 is 12.0 Å². The van der Waals surface area contributed by atoms with Crippen molar-refractivity contribution in [2.75, 3.05) is 13.4 Å². The summed E-state index contributed by atoms with van der Waals surface area (Å²) in [6.07, 6.45) is 0. The molecule has 1 unspecified atom stereocenters. The third kappa shape index (κ3) is 3.29. The van der Waals surface area contributed by atoms with Gasteiger partial charge in [-0.1, -0.05) is 30.3 Å². The van der Waals surface area contributed by atoms with Crippen molar-refractivity contribution >= 4 is 29.0 Å². The minimum Gasteiger partial charge on any atom is -0.463 e. The lowest BCUT2D eigenvalue weighted by Crippen LogP contribution is -2.45. The highest BCUT2D eigenvalue weighted by atomic mass is 32.1. The number of carbonyl (C=O) groups is 1. The second kappa shape index (κ2) is 7.52. The van der Waals surface area contributed by atoms with Crippen LogP contribution < -0.4 is 20.1 Å². The van der Waals surface area contributed by atoms with E-state index in [4.69, 9.17) is 26.4 Å². The van der Waals surface area contributed by atoms with Crippen LogP contribution in [-0.2, 0) is 9.53 Å². The minimum atomic E-state index is -0.475. The molecule has 144 valence electrons. The first kappa shape index (κ1) is 18.3. The molecular formula is C21H20N2O4S. The van der Waals surface area contributed by atoms with Gasteiger partial charge in [0, 0.05) is 0 Å². The topological polar surface area (TPSA) is 68.8 Å². The van der Waals surface area contributed by atoms with E-state index in [-0.39, 0.29) is 13.4 Å². The van der Waals surface area contributed by atoms with E-state index in [1.165, 1.54) is 0 Å². The average Bonchev–Trinajstić information content (AvgIpc) is 3.14. The number of nitrogens with one attached hydrogen (secondary N) is 2. The molecule has 2 aliphatic rings. The Morgan fingerprint density at radius 3 is 2.64 bits per heavy atom. The molecule has 2 aliphatic heterocycles. The summed E-state index contributed by atoms with van der Waals surface area (Å²) in [6, 6.07) is 12.9. The zero-order valence-electron chi connectivity index (χ0n) is 15.6. The average molecular weight is 396 g/mol. The first-order valence-corrected chi connectivity index (χ1v) is 9.43.